The number of halogens is 2. The molecule has 0 aliphatic rings. The first kappa shape index (κ1) is 21.0. The van der Waals surface area contributed by atoms with Crippen molar-refractivity contribution in [2.45, 2.75) is 11.8 Å². The molecule has 0 saturated heterocycles. The van der Waals surface area contributed by atoms with Gasteiger partial charge >= 0.3 is 0 Å². The number of hydrogen-bond acceptors (Lipinski definition) is 3. The second-order valence-electron chi connectivity index (χ2n) is 5.20. The molecule has 0 bridgehead atoms. The molecule has 2 aromatic carbocycles. The van der Waals surface area contributed by atoms with Crippen LogP contribution in [0, 0.1) is 48.7 Å². The van der Waals surface area contributed by atoms with E-state index < -0.39 is 0 Å². The molecule has 28 heavy (non-hydrogen) atoms. The Hall–Kier alpha value is -3.34. The predicted octanol–water partition coefficient (Wildman–Crippen LogP) is 4.79. The third-order valence-corrected chi connectivity index (χ3v) is 4.19. The predicted molar refractivity (Wildman–Crippen MR) is 112 cm³/mol. The average Bonchev–Trinajstić information content (AvgIpc) is 2.73. The minimum Gasteiger partial charge on any atom is -0.496 e. The average molecular weight is 409 g/mol. The van der Waals surface area contributed by atoms with Gasteiger partial charge in [-0.2, -0.15) is 0 Å². The molecule has 2 rings (SSSR count). The third-order valence-electron chi connectivity index (χ3n) is 3.62. The van der Waals surface area contributed by atoms with E-state index in [1.807, 2.05) is 18.2 Å². The molecule has 0 radical (unpaired) electrons. The lowest BCUT2D eigenvalue weighted by Gasteiger charge is -2.15. The summed E-state index contributed by atoms with van der Waals surface area (Å²) in [5.41, 5.74) is 3.40. The summed E-state index contributed by atoms with van der Waals surface area (Å²) in [7, 11) is 1.59. The van der Waals surface area contributed by atoms with Crippen LogP contribution >= 0.6 is 23.2 Å². The summed E-state index contributed by atoms with van der Waals surface area (Å²) in [4.78, 5) is 0. The van der Waals surface area contributed by atoms with E-state index in [0.29, 0.717) is 23.1 Å². The lowest BCUT2D eigenvalue weighted by Crippen LogP contribution is -1.96. The van der Waals surface area contributed by atoms with Gasteiger partial charge in [-0.1, -0.05) is 6.07 Å². The van der Waals surface area contributed by atoms with E-state index in [4.69, 9.17) is 50.3 Å². The molecule has 2 aromatic rings. The van der Waals surface area contributed by atoms with E-state index in [1.165, 1.54) is 0 Å². The van der Waals surface area contributed by atoms with Crippen molar-refractivity contribution in [1.29, 1.82) is 0 Å². The highest BCUT2D eigenvalue weighted by Crippen LogP contribution is 2.37. The second kappa shape index (κ2) is 10.7. The normalized spacial score (nSPS) is 8.89. The Morgan fingerprint density at radius 2 is 1.46 bits per heavy atom. The highest BCUT2D eigenvalue weighted by Gasteiger charge is 2.14. The van der Waals surface area contributed by atoms with E-state index in [2.05, 4.69) is 35.9 Å². The molecule has 0 spiro atoms. The quantitative estimate of drug-likeness (QED) is 0.508. The third kappa shape index (κ3) is 5.10. The summed E-state index contributed by atoms with van der Waals surface area (Å²) in [5.74, 6) is 11.0. The van der Waals surface area contributed by atoms with Crippen molar-refractivity contribution in [1.82, 2.24) is 0 Å². The zero-order chi connectivity index (χ0) is 20.4. The Morgan fingerprint density at radius 3 is 2.04 bits per heavy atom. The molecule has 0 unspecified atom stereocenters. The zero-order valence-electron chi connectivity index (χ0n) is 14.9. The molecule has 0 saturated carbocycles. The fraction of sp³-hybridized carbons (Fsp3) is 0.130. The molecule has 0 fully saturated rings. The standard InChI is InChI=1S/C23H14Cl2O3/c1-4-6-10-27-21-9-8-17(13-23(21)28-11-7-5-2)20-12-19(16-25)22(26-3)14-18(20)15-24/h1-2,8-9,12-14H,15-16H2,3H3. The van der Waals surface area contributed by atoms with Crippen LogP contribution in [-0.4, -0.2) is 7.11 Å². The molecule has 5 heteroatoms. The summed E-state index contributed by atoms with van der Waals surface area (Å²) >= 11 is 12.2. The second-order valence-corrected chi connectivity index (χ2v) is 5.73. The molecule has 0 atom stereocenters. The Kier molecular flexibility index (Phi) is 8.03. The van der Waals surface area contributed by atoms with Crippen LogP contribution in [0.5, 0.6) is 17.2 Å². The Bertz CT molecular complexity index is 1070. The van der Waals surface area contributed by atoms with E-state index in [9.17, 15) is 0 Å². The molecular weight excluding hydrogens is 395 g/mol. The van der Waals surface area contributed by atoms with E-state index >= 15 is 0 Å². The van der Waals surface area contributed by atoms with Crippen molar-refractivity contribution in [2.24, 2.45) is 0 Å². The maximum absolute atomic E-state index is 6.14. The number of ether oxygens (including phenoxy) is 3. The topological polar surface area (TPSA) is 27.7 Å². The van der Waals surface area contributed by atoms with Crippen LogP contribution in [0.1, 0.15) is 11.1 Å². The molecule has 0 aromatic heterocycles. The number of rotatable bonds is 6. The van der Waals surface area contributed by atoms with E-state index in [-0.39, 0.29) is 5.88 Å². The van der Waals surface area contributed by atoms with Crippen LogP contribution in [-0.2, 0) is 11.8 Å². The van der Waals surface area contributed by atoms with E-state index in [0.717, 1.165) is 22.3 Å². The first-order valence-electron chi connectivity index (χ1n) is 7.89. The van der Waals surface area contributed by atoms with Crippen molar-refractivity contribution in [3.63, 3.8) is 0 Å². The van der Waals surface area contributed by atoms with Crippen LogP contribution in [0.3, 0.4) is 0 Å². The van der Waals surface area contributed by atoms with Crippen LogP contribution in [0.4, 0.5) is 0 Å². The number of benzene rings is 2. The van der Waals surface area contributed by atoms with Crippen LogP contribution in [0.25, 0.3) is 11.1 Å². The number of hydrogen-bond donors (Lipinski definition) is 0. The number of alkyl halides is 2. The van der Waals surface area contributed by atoms with Gasteiger partial charge in [0, 0.05) is 23.3 Å². The number of terminal acetylenes is 2. The molecule has 3 nitrogen and oxygen atoms in total. The maximum Gasteiger partial charge on any atom is 0.184 e. The smallest absolute Gasteiger partial charge is 0.184 e. The molecule has 0 amide bonds. The lowest BCUT2D eigenvalue weighted by molar-refractivity contribution is 0.411. The molecule has 0 aliphatic heterocycles. The highest BCUT2D eigenvalue weighted by molar-refractivity contribution is 6.18. The van der Waals surface area contributed by atoms with Gasteiger partial charge in [-0.25, -0.2) is 0 Å². The van der Waals surface area contributed by atoms with Gasteiger partial charge in [0.1, 0.15) is 18.0 Å². The van der Waals surface area contributed by atoms with Crippen molar-refractivity contribution in [3.8, 4) is 77.1 Å². The summed E-state index contributed by atoms with van der Waals surface area (Å²) in [5, 5.41) is 0. The largest absolute Gasteiger partial charge is 0.496 e. The van der Waals surface area contributed by atoms with E-state index in [1.54, 1.807) is 19.2 Å². The summed E-state index contributed by atoms with van der Waals surface area (Å²) < 4.78 is 16.1. The molecule has 0 heterocycles. The van der Waals surface area contributed by atoms with Crippen LogP contribution in [0.2, 0.25) is 0 Å². The van der Waals surface area contributed by atoms with Gasteiger partial charge < -0.3 is 14.2 Å². The van der Waals surface area contributed by atoms with Gasteiger partial charge in [0.25, 0.3) is 0 Å². The first-order valence-corrected chi connectivity index (χ1v) is 8.96. The number of methoxy groups -OCH3 is 1. The Morgan fingerprint density at radius 1 is 0.821 bits per heavy atom. The summed E-state index contributed by atoms with van der Waals surface area (Å²) in [6.07, 6.45) is 15.0. The van der Waals surface area contributed by atoms with Gasteiger partial charge in [-0.05, 0) is 52.8 Å². The SMILES string of the molecule is C#CC#COc1ccc(-c2cc(CCl)c(OC)cc2CCl)cc1OC#CC#C. The molecule has 138 valence electrons. The van der Waals surface area contributed by atoms with Gasteiger partial charge in [-0.15, -0.1) is 36.0 Å². The summed E-state index contributed by atoms with van der Waals surface area (Å²) in [6.45, 7) is 0. The van der Waals surface area contributed by atoms with Gasteiger partial charge in [0.05, 0.1) is 13.0 Å². The highest BCUT2D eigenvalue weighted by atomic mass is 35.5. The van der Waals surface area contributed by atoms with Crippen molar-refractivity contribution in [3.05, 3.63) is 41.5 Å². The monoisotopic (exact) mass is 408 g/mol. The molecule has 0 N–H and O–H groups in total. The van der Waals surface area contributed by atoms with Crippen molar-refractivity contribution < 1.29 is 14.2 Å². The maximum atomic E-state index is 6.14. The van der Waals surface area contributed by atoms with Crippen LogP contribution < -0.4 is 14.2 Å². The molecule has 0 aliphatic carbocycles. The zero-order valence-corrected chi connectivity index (χ0v) is 16.4. The Labute approximate surface area is 174 Å². The fourth-order valence-electron chi connectivity index (χ4n) is 2.40. The van der Waals surface area contributed by atoms with Gasteiger partial charge in [0.2, 0.25) is 0 Å². The minimum atomic E-state index is 0.285. The summed E-state index contributed by atoms with van der Waals surface area (Å²) in [6, 6.07) is 9.06. The Balaban J connectivity index is 2.58. The van der Waals surface area contributed by atoms with Gasteiger partial charge in [0.15, 0.2) is 11.5 Å². The first-order chi connectivity index (χ1) is 13.7. The minimum absolute atomic E-state index is 0.285. The van der Waals surface area contributed by atoms with Crippen LogP contribution in [0.15, 0.2) is 30.3 Å². The van der Waals surface area contributed by atoms with Gasteiger partial charge in [-0.3, -0.25) is 0 Å². The van der Waals surface area contributed by atoms with Crippen molar-refractivity contribution in [2.75, 3.05) is 7.11 Å². The lowest BCUT2D eigenvalue weighted by atomic mass is 9.97. The fourth-order valence-corrected chi connectivity index (χ4v) is 2.83. The molecular formula is C23H14Cl2O3. The van der Waals surface area contributed by atoms with Crippen molar-refractivity contribution >= 4 is 23.2 Å².